The molecule has 3 aliphatic rings. The normalized spacial score (nSPS) is 35.0. The van der Waals surface area contributed by atoms with E-state index in [1.54, 1.807) is 6.07 Å². The van der Waals surface area contributed by atoms with E-state index in [4.69, 9.17) is 16.3 Å². The number of anilines is 1. The van der Waals surface area contributed by atoms with Crippen LogP contribution < -0.4 is 5.32 Å². The highest BCUT2D eigenvalue weighted by Crippen LogP contribution is 2.45. The number of thiazole rings is 1. The summed E-state index contributed by atoms with van der Waals surface area (Å²) < 4.78 is 7.40. The maximum absolute atomic E-state index is 6.28. The van der Waals surface area contributed by atoms with E-state index in [0.717, 1.165) is 33.0 Å². The van der Waals surface area contributed by atoms with Gasteiger partial charge in [0.05, 0.1) is 25.6 Å². The number of piperidine rings is 1. The van der Waals surface area contributed by atoms with Gasteiger partial charge in [-0.15, -0.1) is 0 Å². The highest BCUT2D eigenvalue weighted by molar-refractivity contribution is 7.22. The van der Waals surface area contributed by atoms with Gasteiger partial charge in [-0.1, -0.05) is 22.9 Å². The lowest BCUT2D eigenvalue weighted by Crippen LogP contribution is -2.52. The fourth-order valence-electron chi connectivity index (χ4n) is 4.29. The number of aliphatic imine (C=N–C) groups is 1. The first-order valence-electron chi connectivity index (χ1n) is 7.81. The molecule has 0 radical (unpaired) electrons. The predicted octanol–water partition coefficient (Wildman–Crippen LogP) is 1.28. The van der Waals surface area contributed by atoms with Gasteiger partial charge in [0.15, 0.2) is 10.7 Å². The van der Waals surface area contributed by atoms with E-state index in [-0.39, 0.29) is 5.60 Å². The van der Waals surface area contributed by atoms with Gasteiger partial charge in [-0.2, -0.15) is 0 Å². The Morgan fingerprint density at radius 3 is 3.13 bits per heavy atom. The van der Waals surface area contributed by atoms with Crippen LogP contribution in [0.25, 0.3) is 10.3 Å². The number of hydrogen-bond donors (Lipinski definition) is 1. The minimum atomic E-state index is -0.104. The van der Waals surface area contributed by atoms with Gasteiger partial charge in [0.25, 0.3) is 6.02 Å². The summed E-state index contributed by atoms with van der Waals surface area (Å²) in [6.07, 6.45) is 1.24. The summed E-state index contributed by atoms with van der Waals surface area (Å²) in [5, 5.41) is 4.44. The largest absolute Gasteiger partial charge is 0.450 e. The van der Waals surface area contributed by atoms with Gasteiger partial charge in [-0.25, -0.2) is 15.0 Å². The third-order valence-electron chi connectivity index (χ3n) is 5.30. The Balaban J connectivity index is 1.35. The maximum atomic E-state index is 6.28. The molecule has 9 heteroatoms. The molecule has 118 valence electrons. The van der Waals surface area contributed by atoms with E-state index in [0.29, 0.717) is 17.1 Å². The van der Waals surface area contributed by atoms with Crippen molar-refractivity contribution in [2.45, 2.75) is 12.0 Å². The smallest absolute Gasteiger partial charge is 0.373 e. The summed E-state index contributed by atoms with van der Waals surface area (Å²) in [6, 6.07) is 4.22. The third kappa shape index (κ3) is 2.15. The van der Waals surface area contributed by atoms with Gasteiger partial charge >= 0.3 is 7.98 Å². The topological polar surface area (TPSA) is 59.4 Å². The molecule has 2 fully saturated rings. The number of halogens is 1. The van der Waals surface area contributed by atoms with Crippen molar-refractivity contribution in [1.29, 1.82) is 0 Å². The summed E-state index contributed by atoms with van der Waals surface area (Å²) >= 11 is 7.39. The van der Waals surface area contributed by atoms with E-state index in [2.05, 4.69) is 28.3 Å². The molecular formula is C14H16BClN5OS+. The molecule has 1 N–H and O–H groups in total. The first kappa shape index (κ1) is 14.0. The Morgan fingerprint density at radius 2 is 2.35 bits per heavy atom. The van der Waals surface area contributed by atoms with Crippen LogP contribution in [-0.4, -0.2) is 60.1 Å². The molecule has 5 heterocycles. The second-order valence-electron chi connectivity index (χ2n) is 7.06. The highest BCUT2D eigenvalue weighted by atomic mass is 35.5. The van der Waals surface area contributed by atoms with Crippen molar-refractivity contribution in [3.05, 3.63) is 17.3 Å². The van der Waals surface area contributed by atoms with Crippen molar-refractivity contribution in [3.8, 4) is 0 Å². The Morgan fingerprint density at radius 1 is 1.43 bits per heavy atom. The maximum Gasteiger partial charge on any atom is 0.373 e. The molecule has 0 aromatic carbocycles. The third-order valence-corrected chi connectivity index (χ3v) is 6.39. The number of pyridine rings is 1. The zero-order valence-electron chi connectivity index (χ0n) is 12.8. The molecule has 0 saturated carbocycles. The van der Waals surface area contributed by atoms with Gasteiger partial charge in [0.2, 0.25) is 0 Å². The zero-order chi connectivity index (χ0) is 15.7. The lowest BCUT2D eigenvalue weighted by molar-refractivity contribution is -0.798. The number of quaternary nitrogens is 1. The van der Waals surface area contributed by atoms with Crippen LogP contribution in [0, 0.1) is 5.92 Å². The molecule has 3 atom stereocenters. The highest BCUT2D eigenvalue weighted by Gasteiger charge is 2.61. The number of nitrogens with zero attached hydrogens (tertiary/aromatic N) is 4. The predicted molar refractivity (Wildman–Crippen MR) is 93.7 cm³/mol. The minimum absolute atomic E-state index is 0.104. The van der Waals surface area contributed by atoms with Gasteiger partial charge in [-0.3, -0.25) is 5.32 Å². The Kier molecular flexibility index (Phi) is 2.79. The number of rotatable bonds is 1. The molecule has 1 spiro atoms. The van der Waals surface area contributed by atoms with Crippen molar-refractivity contribution in [2.75, 3.05) is 31.5 Å². The number of amidine groups is 1. The molecule has 0 unspecified atom stereocenters. The molecule has 2 saturated heterocycles. The first-order chi connectivity index (χ1) is 11.0. The summed E-state index contributed by atoms with van der Waals surface area (Å²) in [4.78, 5) is 14.2. The Labute approximate surface area is 143 Å². The minimum Gasteiger partial charge on any atom is -0.450 e. The summed E-state index contributed by atoms with van der Waals surface area (Å²) in [6.45, 7) is 4.29. The van der Waals surface area contributed by atoms with Crippen LogP contribution in [0.3, 0.4) is 0 Å². The van der Waals surface area contributed by atoms with Crippen LogP contribution in [-0.2, 0) is 4.74 Å². The van der Waals surface area contributed by atoms with E-state index in [1.165, 1.54) is 30.8 Å². The van der Waals surface area contributed by atoms with Crippen molar-refractivity contribution >= 4 is 52.4 Å². The van der Waals surface area contributed by atoms with Crippen LogP contribution in [0.2, 0.25) is 5.15 Å². The average Bonchev–Trinajstić information content (AvgIpc) is 3.21. The summed E-state index contributed by atoms with van der Waals surface area (Å²) in [5.74, 6) is 0.617. The van der Waals surface area contributed by atoms with E-state index in [9.17, 15) is 0 Å². The quantitative estimate of drug-likeness (QED) is 0.623. The Hall–Kier alpha value is -1.38. The van der Waals surface area contributed by atoms with Gasteiger partial charge in [0.1, 0.15) is 22.0 Å². The molecule has 2 aromatic heterocycles. The van der Waals surface area contributed by atoms with E-state index >= 15 is 0 Å². The van der Waals surface area contributed by atoms with Gasteiger partial charge in [-0.05, 0) is 12.1 Å². The van der Waals surface area contributed by atoms with Crippen LogP contribution in [0.4, 0.5) is 5.13 Å². The van der Waals surface area contributed by atoms with Crippen LogP contribution >= 0.6 is 22.9 Å². The lowest BCUT2D eigenvalue weighted by Gasteiger charge is -2.35. The molecule has 3 aliphatic heterocycles. The summed E-state index contributed by atoms with van der Waals surface area (Å²) in [5.41, 5.74) is 0.729. The van der Waals surface area contributed by atoms with E-state index < -0.39 is 0 Å². The number of hydrogen-bond acceptors (Lipinski definition) is 6. The van der Waals surface area contributed by atoms with E-state index in [1.807, 2.05) is 6.07 Å². The summed E-state index contributed by atoms with van der Waals surface area (Å²) in [7, 11) is 2.33. The van der Waals surface area contributed by atoms with Gasteiger partial charge in [0, 0.05) is 6.42 Å². The molecule has 5 rings (SSSR count). The van der Waals surface area contributed by atoms with Crippen LogP contribution in [0.1, 0.15) is 6.42 Å². The second-order valence-corrected chi connectivity index (χ2v) is 8.42. The van der Waals surface area contributed by atoms with Crippen molar-refractivity contribution < 1.29 is 9.13 Å². The zero-order valence-corrected chi connectivity index (χ0v) is 14.3. The van der Waals surface area contributed by atoms with Crippen LogP contribution in [0.5, 0.6) is 0 Å². The standard InChI is InChI=1S/C14H16BClN5OS/c15-21-4-3-8(5-21)14(7-21)6-17-12(22-14)20-13-18-9-1-2-10(16)19-11(9)23-13/h1-2,8H,3-7,15H2,(H,17,18,20)/q+1/t8-,14+,21-/m1/s1. The fraction of sp³-hybridized carbons (Fsp3) is 0.500. The number of ether oxygens (including phenoxy) is 1. The first-order valence-corrected chi connectivity index (χ1v) is 9.00. The molecular weight excluding hydrogens is 333 g/mol. The van der Waals surface area contributed by atoms with Crippen LogP contribution in [0.15, 0.2) is 17.1 Å². The number of nitrogens with one attached hydrogen (secondary N) is 1. The molecule has 23 heavy (non-hydrogen) atoms. The lowest BCUT2D eigenvalue weighted by atomic mass is 9.87. The number of fused-ring (bicyclic) bond motifs is 4. The fourth-order valence-corrected chi connectivity index (χ4v) is 5.32. The Bertz CT molecular complexity index is 844. The number of aromatic nitrogens is 2. The SMILES string of the molecule is B[N@+]12CC[C@H](C1)[C@]1(CN=C(Nc3nc4ccc(Cl)nc4s3)O1)C2. The average molecular weight is 349 g/mol. The van der Waals surface area contributed by atoms with Crippen molar-refractivity contribution in [2.24, 2.45) is 10.9 Å². The molecule has 2 aromatic rings. The van der Waals surface area contributed by atoms with Crippen molar-refractivity contribution in [3.63, 3.8) is 0 Å². The molecule has 2 bridgehead atoms. The monoisotopic (exact) mass is 348 g/mol. The van der Waals surface area contributed by atoms with Crippen molar-refractivity contribution in [1.82, 2.24) is 9.97 Å². The molecule has 0 amide bonds. The second kappa shape index (κ2) is 4.58. The molecule has 6 nitrogen and oxygen atoms in total. The molecule has 0 aliphatic carbocycles. The van der Waals surface area contributed by atoms with Gasteiger partial charge < -0.3 is 9.13 Å².